The second-order valence-electron chi connectivity index (χ2n) is 4.23. The molecule has 0 aliphatic carbocycles. The predicted octanol–water partition coefficient (Wildman–Crippen LogP) is 1.19. The van der Waals surface area contributed by atoms with Crippen molar-refractivity contribution in [3.05, 3.63) is 35.9 Å². The maximum atomic E-state index is 11.7. The van der Waals surface area contributed by atoms with E-state index in [1.807, 2.05) is 7.05 Å². The lowest BCUT2D eigenvalue weighted by Crippen LogP contribution is -2.09. The second-order valence-corrected chi connectivity index (χ2v) is 4.23. The van der Waals surface area contributed by atoms with Gasteiger partial charge in [-0.05, 0) is 25.1 Å². The number of aryl methyl sites for hydroxylation is 1. The average molecular weight is 275 g/mol. The van der Waals surface area contributed by atoms with Crippen molar-refractivity contribution in [2.45, 2.75) is 13.5 Å². The van der Waals surface area contributed by atoms with Crippen molar-refractivity contribution >= 4 is 17.3 Å². The first-order valence-electron chi connectivity index (χ1n) is 6.25. The van der Waals surface area contributed by atoms with Crippen molar-refractivity contribution in [3.8, 4) is 0 Å². The summed E-state index contributed by atoms with van der Waals surface area (Å²) in [5.41, 5.74) is 7.56. The number of carbonyl (C=O) groups excluding carboxylic acids is 1. The normalized spacial score (nSPS) is 10.3. The van der Waals surface area contributed by atoms with E-state index in [1.165, 1.54) is 0 Å². The summed E-state index contributed by atoms with van der Waals surface area (Å²) < 4.78 is 6.76. The van der Waals surface area contributed by atoms with Crippen LogP contribution in [0.3, 0.4) is 0 Å². The number of rotatable bonds is 5. The fraction of sp³-hybridized carbons (Fsp3) is 0.308. The van der Waals surface area contributed by atoms with Crippen molar-refractivity contribution in [2.75, 3.05) is 17.7 Å². The van der Waals surface area contributed by atoms with E-state index in [2.05, 4.69) is 15.5 Å². The Bertz CT molecular complexity index is 609. The number of ether oxygens (including phenoxy) is 1. The zero-order chi connectivity index (χ0) is 14.5. The highest BCUT2D eigenvalue weighted by atomic mass is 16.5. The van der Waals surface area contributed by atoms with Gasteiger partial charge >= 0.3 is 5.97 Å². The molecule has 0 aliphatic rings. The van der Waals surface area contributed by atoms with E-state index in [-0.39, 0.29) is 5.97 Å². The molecular formula is C13H17N5O2. The van der Waals surface area contributed by atoms with Gasteiger partial charge in [-0.3, -0.25) is 0 Å². The molecule has 2 aromatic rings. The molecule has 0 amide bonds. The van der Waals surface area contributed by atoms with E-state index in [9.17, 15) is 4.79 Å². The largest absolute Gasteiger partial charge is 0.462 e. The third-order valence-corrected chi connectivity index (χ3v) is 2.81. The first-order chi connectivity index (χ1) is 9.61. The number of esters is 1. The quantitative estimate of drug-likeness (QED) is 0.628. The monoisotopic (exact) mass is 275 g/mol. The van der Waals surface area contributed by atoms with Gasteiger partial charge in [-0.1, -0.05) is 0 Å². The molecule has 2 rings (SSSR count). The Kier molecular flexibility index (Phi) is 4.19. The van der Waals surface area contributed by atoms with Gasteiger partial charge in [-0.25, -0.2) is 4.79 Å². The highest BCUT2D eigenvalue weighted by molar-refractivity contribution is 5.92. The van der Waals surface area contributed by atoms with Crippen LogP contribution in [0, 0.1) is 0 Å². The molecule has 3 N–H and O–H groups in total. The lowest BCUT2D eigenvalue weighted by molar-refractivity contribution is 0.0526. The minimum Gasteiger partial charge on any atom is -0.462 e. The lowest BCUT2D eigenvalue weighted by Gasteiger charge is -2.10. The zero-order valence-corrected chi connectivity index (χ0v) is 11.5. The molecule has 0 atom stereocenters. The van der Waals surface area contributed by atoms with Crippen LogP contribution in [0.15, 0.2) is 24.5 Å². The number of hydrogen-bond acceptors (Lipinski definition) is 6. The Hall–Kier alpha value is -2.57. The number of aromatic nitrogens is 3. The SMILES string of the molecule is CCOC(=O)c1ccc(N)c(NCc2nncn2C)c1. The molecule has 0 saturated heterocycles. The van der Waals surface area contributed by atoms with Gasteiger partial charge in [0.2, 0.25) is 0 Å². The molecule has 20 heavy (non-hydrogen) atoms. The fourth-order valence-corrected chi connectivity index (χ4v) is 1.69. The second kappa shape index (κ2) is 6.05. The van der Waals surface area contributed by atoms with Crippen molar-refractivity contribution in [1.82, 2.24) is 14.8 Å². The van der Waals surface area contributed by atoms with Gasteiger partial charge in [0, 0.05) is 7.05 Å². The summed E-state index contributed by atoms with van der Waals surface area (Å²) in [5, 5.41) is 10.9. The number of nitrogens with one attached hydrogen (secondary N) is 1. The molecule has 1 aromatic heterocycles. The summed E-state index contributed by atoms with van der Waals surface area (Å²) in [5.74, 6) is 0.403. The third kappa shape index (κ3) is 3.05. The molecule has 1 aromatic carbocycles. The van der Waals surface area contributed by atoms with Crippen LogP contribution in [0.1, 0.15) is 23.1 Å². The lowest BCUT2D eigenvalue weighted by atomic mass is 10.1. The van der Waals surface area contributed by atoms with Crippen molar-refractivity contribution in [1.29, 1.82) is 0 Å². The highest BCUT2D eigenvalue weighted by Gasteiger charge is 2.10. The molecule has 0 bridgehead atoms. The maximum Gasteiger partial charge on any atom is 0.338 e. The van der Waals surface area contributed by atoms with Gasteiger partial charge in [-0.2, -0.15) is 0 Å². The fourth-order valence-electron chi connectivity index (χ4n) is 1.69. The number of nitrogens with zero attached hydrogens (tertiary/aromatic N) is 3. The third-order valence-electron chi connectivity index (χ3n) is 2.81. The van der Waals surface area contributed by atoms with Crippen LogP contribution in [-0.2, 0) is 18.3 Å². The molecule has 0 saturated carbocycles. The van der Waals surface area contributed by atoms with Gasteiger partial charge in [0.1, 0.15) is 6.33 Å². The number of nitrogens with two attached hydrogens (primary N) is 1. The van der Waals surface area contributed by atoms with Crippen LogP contribution in [0.5, 0.6) is 0 Å². The van der Waals surface area contributed by atoms with Crippen LogP contribution in [0.25, 0.3) is 0 Å². The summed E-state index contributed by atoms with van der Waals surface area (Å²) in [4.78, 5) is 11.7. The average Bonchev–Trinajstić information content (AvgIpc) is 2.83. The number of hydrogen-bond donors (Lipinski definition) is 2. The van der Waals surface area contributed by atoms with Crippen LogP contribution in [0.4, 0.5) is 11.4 Å². The van der Waals surface area contributed by atoms with Gasteiger partial charge in [0.05, 0.1) is 30.1 Å². The summed E-state index contributed by atoms with van der Waals surface area (Å²) in [7, 11) is 1.86. The first-order valence-corrected chi connectivity index (χ1v) is 6.25. The van der Waals surface area contributed by atoms with Crippen LogP contribution >= 0.6 is 0 Å². The van der Waals surface area contributed by atoms with E-state index >= 15 is 0 Å². The smallest absolute Gasteiger partial charge is 0.338 e. The minimum absolute atomic E-state index is 0.338. The summed E-state index contributed by atoms with van der Waals surface area (Å²) >= 11 is 0. The first kappa shape index (κ1) is 13.9. The van der Waals surface area contributed by atoms with Gasteiger partial charge in [0.25, 0.3) is 0 Å². The Morgan fingerprint density at radius 2 is 2.30 bits per heavy atom. The number of anilines is 2. The molecule has 0 aliphatic heterocycles. The van der Waals surface area contributed by atoms with E-state index in [0.29, 0.717) is 30.1 Å². The highest BCUT2D eigenvalue weighted by Crippen LogP contribution is 2.21. The molecule has 106 valence electrons. The molecule has 0 radical (unpaired) electrons. The molecule has 7 nitrogen and oxygen atoms in total. The van der Waals surface area contributed by atoms with E-state index in [4.69, 9.17) is 10.5 Å². The summed E-state index contributed by atoms with van der Waals surface area (Å²) in [6, 6.07) is 4.98. The van der Waals surface area contributed by atoms with Crippen molar-refractivity contribution in [2.24, 2.45) is 7.05 Å². The standard InChI is InChI=1S/C13H17N5O2/c1-3-20-13(19)9-4-5-10(14)11(6-9)15-7-12-17-16-8-18(12)2/h4-6,8,15H,3,7,14H2,1-2H3. The molecule has 0 fully saturated rings. The maximum absolute atomic E-state index is 11.7. The van der Waals surface area contributed by atoms with Crippen molar-refractivity contribution < 1.29 is 9.53 Å². The Balaban J connectivity index is 2.12. The summed E-state index contributed by atoms with van der Waals surface area (Å²) in [6.45, 7) is 2.57. The number of nitrogen functional groups attached to an aromatic ring is 1. The van der Waals surface area contributed by atoms with E-state index in [0.717, 1.165) is 5.82 Å². The topological polar surface area (TPSA) is 95.1 Å². The van der Waals surface area contributed by atoms with Crippen molar-refractivity contribution in [3.63, 3.8) is 0 Å². The Morgan fingerprint density at radius 1 is 1.50 bits per heavy atom. The molecule has 0 unspecified atom stereocenters. The summed E-state index contributed by atoms with van der Waals surface area (Å²) in [6.07, 6.45) is 1.62. The number of carbonyl (C=O) groups is 1. The minimum atomic E-state index is -0.366. The van der Waals surface area contributed by atoms with Crippen LogP contribution in [-0.4, -0.2) is 27.3 Å². The molecule has 1 heterocycles. The van der Waals surface area contributed by atoms with E-state index < -0.39 is 0 Å². The van der Waals surface area contributed by atoms with Gasteiger partial charge in [0.15, 0.2) is 5.82 Å². The van der Waals surface area contributed by atoms with E-state index in [1.54, 1.807) is 36.0 Å². The number of benzene rings is 1. The van der Waals surface area contributed by atoms with Crippen LogP contribution < -0.4 is 11.1 Å². The predicted molar refractivity (Wildman–Crippen MR) is 75.1 cm³/mol. The molecule has 7 heteroatoms. The molecule has 0 spiro atoms. The van der Waals surface area contributed by atoms with Gasteiger partial charge < -0.3 is 20.4 Å². The molecular weight excluding hydrogens is 258 g/mol. The Morgan fingerprint density at radius 3 is 2.95 bits per heavy atom. The Labute approximate surface area is 116 Å². The van der Waals surface area contributed by atoms with Crippen LogP contribution in [0.2, 0.25) is 0 Å². The zero-order valence-electron chi connectivity index (χ0n) is 11.5. The van der Waals surface area contributed by atoms with Gasteiger partial charge in [-0.15, -0.1) is 10.2 Å².